The molecule has 5 atom stereocenters. The molecule has 0 saturated carbocycles. The highest BCUT2D eigenvalue weighted by Gasteiger charge is 2.28. The Kier molecular flexibility index (Phi) is 11.9. The maximum Gasteiger partial charge on any atom is 0.326 e. The predicted octanol–water partition coefficient (Wildman–Crippen LogP) is -1.29. The van der Waals surface area contributed by atoms with E-state index in [1.807, 2.05) is 6.92 Å². The van der Waals surface area contributed by atoms with Crippen molar-refractivity contribution in [3.8, 4) is 0 Å². The molecule has 0 spiro atoms. The second kappa shape index (κ2) is 13.0. The van der Waals surface area contributed by atoms with Gasteiger partial charge in [-0.15, -0.1) is 0 Å². The maximum absolute atomic E-state index is 12.3. The second-order valence-corrected chi connectivity index (χ2v) is 7.08. The fourth-order valence-corrected chi connectivity index (χ4v) is 2.43. The topological polar surface area (TPSA) is 188 Å². The van der Waals surface area contributed by atoms with Crippen LogP contribution in [0.2, 0.25) is 0 Å². The molecule has 0 aliphatic carbocycles. The number of carbonyl (C=O) groups excluding carboxylic acids is 3. The van der Waals surface area contributed by atoms with Crippen LogP contribution in [0, 0.1) is 5.92 Å². The number of hydrogen-bond acceptors (Lipinski definition) is 7. The zero-order chi connectivity index (χ0) is 22.7. The highest BCUT2D eigenvalue weighted by molar-refractivity contribution is 7.80. The van der Waals surface area contributed by atoms with E-state index in [0.717, 1.165) is 0 Å². The number of amides is 3. The Hall–Kier alpha value is -2.34. The van der Waals surface area contributed by atoms with Crippen molar-refractivity contribution in [3.63, 3.8) is 0 Å². The number of rotatable bonds is 13. The van der Waals surface area contributed by atoms with E-state index in [4.69, 9.17) is 15.9 Å². The van der Waals surface area contributed by atoms with Crippen LogP contribution >= 0.6 is 12.6 Å². The van der Waals surface area contributed by atoms with Crippen molar-refractivity contribution in [1.82, 2.24) is 16.0 Å². The lowest BCUT2D eigenvalue weighted by Gasteiger charge is -2.23. The fraction of sp³-hybridized carbons (Fsp3) is 0.706. The molecule has 5 unspecified atom stereocenters. The summed E-state index contributed by atoms with van der Waals surface area (Å²) in [5.74, 6) is -4.85. The Morgan fingerprint density at radius 3 is 1.93 bits per heavy atom. The lowest BCUT2D eigenvalue weighted by atomic mass is 9.99. The molecule has 0 aromatic heterocycles. The minimum absolute atomic E-state index is 0.0833. The van der Waals surface area contributed by atoms with Crippen LogP contribution in [-0.2, 0) is 24.0 Å². The molecule has 0 radical (unpaired) electrons. The first-order valence-corrected chi connectivity index (χ1v) is 9.79. The van der Waals surface area contributed by atoms with Gasteiger partial charge in [-0.2, -0.15) is 12.6 Å². The summed E-state index contributed by atoms with van der Waals surface area (Å²) in [4.78, 5) is 58.4. The minimum Gasteiger partial charge on any atom is -0.481 e. The van der Waals surface area contributed by atoms with Crippen LogP contribution in [0.4, 0.5) is 0 Å². The summed E-state index contributed by atoms with van der Waals surface area (Å²) in [6, 6.07) is -4.39. The molecule has 12 heteroatoms. The predicted molar refractivity (Wildman–Crippen MR) is 107 cm³/mol. The van der Waals surface area contributed by atoms with Crippen LogP contribution in [0.3, 0.4) is 0 Å². The van der Waals surface area contributed by atoms with Crippen LogP contribution in [0.15, 0.2) is 0 Å². The molecule has 0 aliphatic heterocycles. The Labute approximate surface area is 174 Å². The zero-order valence-corrected chi connectivity index (χ0v) is 17.6. The molecule has 0 bridgehead atoms. The van der Waals surface area contributed by atoms with Gasteiger partial charge in [0.05, 0.1) is 6.04 Å². The van der Waals surface area contributed by atoms with Crippen molar-refractivity contribution < 1.29 is 34.2 Å². The van der Waals surface area contributed by atoms with E-state index >= 15 is 0 Å². The second-order valence-electron chi connectivity index (χ2n) is 6.72. The van der Waals surface area contributed by atoms with Crippen LogP contribution in [-0.4, -0.2) is 69.8 Å². The highest BCUT2D eigenvalue weighted by Crippen LogP contribution is 2.05. The summed E-state index contributed by atoms with van der Waals surface area (Å²) in [5.41, 5.74) is 5.81. The molecule has 166 valence electrons. The van der Waals surface area contributed by atoms with Crippen molar-refractivity contribution in [3.05, 3.63) is 0 Å². The van der Waals surface area contributed by atoms with Gasteiger partial charge in [0.25, 0.3) is 0 Å². The van der Waals surface area contributed by atoms with E-state index in [9.17, 15) is 24.0 Å². The van der Waals surface area contributed by atoms with Crippen molar-refractivity contribution in [1.29, 1.82) is 0 Å². The Morgan fingerprint density at radius 2 is 1.48 bits per heavy atom. The molecular weight excluding hydrogens is 404 g/mol. The average molecular weight is 435 g/mol. The number of carbonyl (C=O) groups is 5. The monoisotopic (exact) mass is 434 g/mol. The SMILES string of the molecule is CCC(C)C(N)C(=O)NC(C)C(=O)NC(CS)C(=O)NC(CCC(=O)O)C(=O)O. The summed E-state index contributed by atoms with van der Waals surface area (Å²) in [5, 5.41) is 24.8. The standard InChI is InChI=1S/C17H30N4O7S/c1-4-8(2)13(18)16(26)19-9(3)14(24)21-11(7-29)15(25)20-10(17(27)28)5-6-12(22)23/h8-11,13,29H,4-7,18H2,1-3H3,(H,19,26)(H,20,25)(H,21,24)(H,22,23)(H,27,28). The Balaban J connectivity index is 4.87. The van der Waals surface area contributed by atoms with Gasteiger partial charge in [0.2, 0.25) is 17.7 Å². The van der Waals surface area contributed by atoms with Crippen LogP contribution in [0.5, 0.6) is 0 Å². The summed E-state index contributed by atoms with van der Waals surface area (Å²) >= 11 is 3.97. The Bertz CT molecular complexity index is 617. The van der Waals surface area contributed by atoms with Gasteiger partial charge in [-0.25, -0.2) is 4.79 Å². The first-order chi connectivity index (χ1) is 13.4. The van der Waals surface area contributed by atoms with Gasteiger partial charge in [-0.05, 0) is 19.3 Å². The third-order valence-corrected chi connectivity index (χ3v) is 4.75. The molecule has 7 N–H and O–H groups in total. The maximum atomic E-state index is 12.3. The van der Waals surface area contributed by atoms with Gasteiger partial charge in [0.15, 0.2) is 0 Å². The van der Waals surface area contributed by atoms with E-state index in [2.05, 4.69) is 28.6 Å². The molecule has 0 aromatic rings. The van der Waals surface area contributed by atoms with E-state index in [1.165, 1.54) is 6.92 Å². The number of hydrogen-bond donors (Lipinski definition) is 7. The lowest BCUT2D eigenvalue weighted by molar-refractivity contribution is -0.143. The molecule has 0 rings (SSSR count). The van der Waals surface area contributed by atoms with E-state index in [1.54, 1.807) is 6.92 Å². The minimum atomic E-state index is -1.43. The summed E-state index contributed by atoms with van der Waals surface area (Å²) in [6.45, 7) is 5.10. The van der Waals surface area contributed by atoms with Crippen molar-refractivity contribution in [2.75, 3.05) is 5.75 Å². The molecule has 3 amide bonds. The molecule has 0 heterocycles. The number of carboxylic acid groups (broad SMARTS) is 2. The summed E-state index contributed by atoms with van der Waals surface area (Å²) < 4.78 is 0. The number of aliphatic carboxylic acids is 2. The number of nitrogens with one attached hydrogen (secondary N) is 3. The lowest BCUT2D eigenvalue weighted by Crippen LogP contribution is -2.57. The molecule has 11 nitrogen and oxygen atoms in total. The van der Waals surface area contributed by atoms with Crippen molar-refractivity contribution in [2.24, 2.45) is 11.7 Å². The van der Waals surface area contributed by atoms with Crippen molar-refractivity contribution in [2.45, 2.75) is 64.2 Å². The summed E-state index contributed by atoms with van der Waals surface area (Å²) in [7, 11) is 0. The quantitative estimate of drug-likeness (QED) is 0.174. The third kappa shape index (κ3) is 9.61. The smallest absolute Gasteiger partial charge is 0.326 e. The van der Waals surface area contributed by atoms with E-state index in [0.29, 0.717) is 6.42 Å². The molecule has 0 aliphatic rings. The van der Waals surface area contributed by atoms with Gasteiger partial charge >= 0.3 is 11.9 Å². The number of thiol groups is 1. The molecular formula is C17H30N4O7S. The van der Waals surface area contributed by atoms with Gasteiger partial charge in [0, 0.05) is 12.2 Å². The average Bonchev–Trinajstić information content (AvgIpc) is 2.66. The highest BCUT2D eigenvalue weighted by atomic mass is 32.1. The summed E-state index contributed by atoms with van der Waals surface area (Å²) in [6.07, 6.45) is -0.0814. The van der Waals surface area contributed by atoms with E-state index in [-0.39, 0.29) is 18.1 Å². The van der Waals surface area contributed by atoms with E-state index < -0.39 is 60.2 Å². The zero-order valence-electron chi connectivity index (χ0n) is 16.7. The Morgan fingerprint density at radius 1 is 0.931 bits per heavy atom. The largest absolute Gasteiger partial charge is 0.481 e. The van der Waals surface area contributed by atoms with Crippen LogP contribution in [0.25, 0.3) is 0 Å². The molecule has 0 aromatic carbocycles. The van der Waals surface area contributed by atoms with Crippen LogP contribution in [0.1, 0.15) is 40.0 Å². The van der Waals surface area contributed by atoms with Gasteiger partial charge < -0.3 is 31.9 Å². The fourth-order valence-electron chi connectivity index (χ4n) is 2.18. The van der Waals surface area contributed by atoms with Crippen molar-refractivity contribution >= 4 is 42.3 Å². The first kappa shape index (κ1) is 26.7. The van der Waals surface area contributed by atoms with Gasteiger partial charge in [-0.1, -0.05) is 20.3 Å². The first-order valence-electron chi connectivity index (χ1n) is 9.16. The van der Waals surface area contributed by atoms with Gasteiger partial charge in [-0.3, -0.25) is 19.2 Å². The normalized spacial score (nSPS) is 15.9. The third-order valence-electron chi connectivity index (χ3n) is 4.39. The molecule has 29 heavy (non-hydrogen) atoms. The molecule has 0 saturated heterocycles. The van der Waals surface area contributed by atoms with Crippen LogP contribution < -0.4 is 21.7 Å². The van der Waals surface area contributed by atoms with Gasteiger partial charge in [0.1, 0.15) is 18.1 Å². The number of carboxylic acids is 2. The molecule has 0 fully saturated rings. The number of nitrogens with two attached hydrogens (primary N) is 1.